The summed E-state index contributed by atoms with van der Waals surface area (Å²) in [7, 11) is 0. The lowest BCUT2D eigenvalue weighted by Gasteiger charge is -2.19. The summed E-state index contributed by atoms with van der Waals surface area (Å²) in [6.07, 6.45) is 5.17. The number of carbonyl (C=O) groups is 3. The summed E-state index contributed by atoms with van der Waals surface area (Å²) in [5.74, 6) is -1.36. The van der Waals surface area contributed by atoms with Crippen molar-refractivity contribution in [2.75, 3.05) is 43.4 Å². The van der Waals surface area contributed by atoms with Gasteiger partial charge in [0.15, 0.2) is 5.57 Å². The van der Waals surface area contributed by atoms with Crippen molar-refractivity contribution < 1.29 is 19.1 Å². The van der Waals surface area contributed by atoms with Crippen LogP contribution in [0.1, 0.15) is 50.9 Å². The summed E-state index contributed by atoms with van der Waals surface area (Å²) in [5, 5.41) is 18.5. The SMILES string of the molecule is C=CCOC(=O)C(C#N)=c1sc(=CNc2cc(NC(=O)C(C)(C)C)cc(C(=O)NCCN3CCCC3)c2)c(=O)n1CC. The van der Waals surface area contributed by atoms with Gasteiger partial charge in [-0.2, -0.15) is 5.26 Å². The Bertz CT molecular complexity index is 1550. The first kappa shape index (κ1) is 32.3. The number of carbonyl (C=O) groups excluding carboxylic acids is 3. The molecule has 1 fully saturated rings. The summed E-state index contributed by atoms with van der Waals surface area (Å²) in [5.41, 5.74) is -0.123. The Morgan fingerprint density at radius 1 is 1.17 bits per heavy atom. The minimum Gasteiger partial charge on any atom is -0.457 e. The molecule has 1 aliphatic heterocycles. The predicted molar refractivity (Wildman–Crippen MR) is 164 cm³/mol. The van der Waals surface area contributed by atoms with Crippen LogP contribution in [0.3, 0.4) is 0 Å². The van der Waals surface area contributed by atoms with Crippen molar-refractivity contribution in [3.05, 3.63) is 56.0 Å². The third kappa shape index (κ3) is 8.41. The molecular weight excluding hydrogens is 556 g/mol. The van der Waals surface area contributed by atoms with Crippen LogP contribution in [0, 0.1) is 16.7 Å². The number of benzene rings is 1. The average molecular weight is 595 g/mol. The van der Waals surface area contributed by atoms with Crippen molar-refractivity contribution >= 4 is 52.3 Å². The standard InChI is InChI=1S/C30H38N6O5S/c1-6-14-41-28(39)23(18-31)27-36(7-2)26(38)24(42-27)19-33-21-15-20(16-22(17-21)34-29(40)30(3,4)5)25(37)32-10-13-35-11-8-9-12-35/h6,15-17,19,33H,1,7-14H2,2-5H3,(H,32,37)(H,34,40). The Morgan fingerprint density at radius 3 is 2.48 bits per heavy atom. The van der Waals surface area contributed by atoms with Crippen LogP contribution >= 0.6 is 11.3 Å². The number of esters is 1. The first-order valence-corrected chi connectivity index (χ1v) is 14.7. The molecule has 11 nitrogen and oxygen atoms in total. The van der Waals surface area contributed by atoms with Gasteiger partial charge in [-0.05, 0) is 51.1 Å². The van der Waals surface area contributed by atoms with E-state index in [0.717, 1.165) is 31.0 Å². The number of nitrogens with zero attached hydrogens (tertiary/aromatic N) is 3. The van der Waals surface area contributed by atoms with Gasteiger partial charge < -0.3 is 25.6 Å². The highest BCUT2D eigenvalue weighted by Gasteiger charge is 2.22. The summed E-state index contributed by atoms with van der Waals surface area (Å²) in [6.45, 7) is 14.1. The maximum Gasteiger partial charge on any atom is 0.352 e. The van der Waals surface area contributed by atoms with Gasteiger partial charge in [0.1, 0.15) is 21.9 Å². The minimum absolute atomic E-state index is 0.0669. The number of amides is 2. The molecule has 12 heteroatoms. The first-order chi connectivity index (χ1) is 20.0. The van der Waals surface area contributed by atoms with Gasteiger partial charge in [0.05, 0.1) is 0 Å². The minimum atomic E-state index is -0.844. The summed E-state index contributed by atoms with van der Waals surface area (Å²) in [6, 6.07) is 6.74. The number of thiazole rings is 1. The van der Waals surface area contributed by atoms with E-state index in [0.29, 0.717) is 23.5 Å². The van der Waals surface area contributed by atoms with Crippen molar-refractivity contribution in [3.63, 3.8) is 0 Å². The van der Waals surface area contributed by atoms with E-state index in [1.165, 1.54) is 29.7 Å². The molecule has 1 aliphatic rings. The van der Waals surface area contributed by atoms with Crippen molar-refractivity contribution in [1.82, 2.24) is 14.8 Å². The predicted octanol–water partition coefficient (Wildman–Crippen LogP) is 1.99. The zero-order valence-corrected chi connectivity index (χ0v) is 25.4. The van der Waals surface area contributed by atoms with E-state index in [2.05, 4.69) is 27.4 Å². The molecule has 0 atom stereocenters. The zero-order valence-electron chi connectivity index (χ0n) is 24.5. The largest absolute Gasteiger partial charge is 0.457 e. The van der Waals surface area contributed by atoms with Gasteiger partial charge in [-0.3, -0.25) is 19.0 Å². The van der Waals surface area contributed by atoms with Crippen LogP contribution in [-0.2, 0) is 20.9 Å². The molecule has 0 saturated carbocycles. The van der Waals surface area contributed by atoms with Crippen LogP contribution < -0.4 is 30.7 Å². The van der Waals surface area contributed by atoms with E-state index in [9.17, 15) is 24.4 Å². The van der Waals surface area contributed by atoms with Crippen LogP contribution in [0.25, 0.3) is 11.8 Å². The monoisotopic (exact) mass is 594 g/mol. The van der Waals surface area contributed by atoms with E-state index >= 15 is 0 Å². The fraction of sp³-hybridized carbons (Fsp3) is 0.433. The Hall–Kier alpha value is -4.21. The maximum atomic E-state index is 13.1. The van der Waals surface area contributed by atoms with Crippen molar-refractivity contribution in [1.29, 1.82) is 5.26 Å². The number of nitriles is 1. The van der Waals surface area contributed by atoms with Gasteiger partial charge >= 0.3 is 5.97 Å². The second kappa shape index (κ2) is 14.6. The molecule has 3 N–H and O–H groups in total. The number of ether oxygens (including phenoxy) is 1. The fourth-order valence-electron chi connectivity index (χ4n) is 4.20. The number of hydrogen-bond acceptors (Lipinski definition) is 9. The number of likely N-dealkylation sites (tertiary alicyclic amines) is 1. The van der Waals surface area contributed by atoms with Crippen LogP contribution in [0.4, 0.5) is 11.4 Å². The van der Waals surface area contributed by atoms with E-state index < -0.39 is 16.9 Å². The van der Waals surface area contributed by atoms with Gasteiger partial charge in [0, 0.05) is 48.2 Å². The van der Waals surface area contributed by atoms with Gasteiger partial charge in [-0.15, -0.1) is 11.3 Å². The second-order valence-electron chi connectivity index (χ2n) is 10.8. The number of rotatable bonds is 11. The quantitative estimate of drug-likeness (QED) is 0.265. The molecule has 0 bridgehead atoms. The lowest BCUT2D eigenvalue weighted by molar-refractivity contribution is -0.135. The highest BCUT2D eigenvalue weighted by atomic mass is 32.1. The third-order valence-corrected chi connectivity index (χ3v) is 7.63. The lowest BCUT2D eigenvalue weighted by Crippen LogP contribution is -2.33. The fourth-order valence-corrected chi connectivity index (χ4v) is 5.27. The van der Waals surface area contributed by atoms with E-state index in [1.54, 1.807) is 45.9 Å². The van der Waals surface area contributed by atoms with E-state index in [4.69, 9.17) is 4.74 Å². The molecule has 3 rings (SSSR count). The second-order valence-corrected chi connectivity index (χ2v) is 11.8. The Morgan fingerprint density at radius 2 is 1.86 bits per heavy atom. The van der Waals surface area contributed by atoms with Crippen molar-refractivity contribution in [2.45, 2.75) is 47.1 Å². The molecule has 2 amide bonds. The average Bonchev–Trinajstić information content (AvgIpc) is 3.58. The molecule has 0 radical (unpaired) electrons. The first-order valence-electron chi connectivity index (χ1n) is 13.8. The summed E-state index contributed by atoms with van der Waals surface area (Å²) in [4.78, 5) is 53.6. The normalized spacial score (nSPS) is 14.6. The third-order valence-electron chi connectivity index (χ3n) is 6.50. The topological polar surface area (TPSA) is 146 Å². The molecule has 1 aromatic heterocycles. The van der Waals surface area contributed by atoms with E-state index in [-0.39, 0.29) is 39.7 Å². The molecule has 42 heavy (non-hydrogen) atoms. The van der Waals surface area contributed by atoms with Crippen LogP contribution in [0.5, 0.6) is 0 Å². The van der Waals surface area contributed by atoms with Crippen molar-refractivity contribution in [3.8, 4) is 6.07 Å². The van der Waals surface area contributed by atoms with Gasteiger partial charge in [-0.1, -0.05) is 33.4 Å². The number of anilines is 2. The molecule has 1 saturated heterocycles. The molecule has 1 aromatic carbocycles. The van der Waals surface area contributed by atoms with E-state index in [1.807, 2.05) is 6.07 Å². The number of nitrogens with one attached hydrogen (secondary N) is 3. The van der Waals surface area contributed by atoms with Crippen LogP contribution in [0.2, 0.25) is 0 Å². The molecule has 224 valence electrons. The lowest BCUT2D eigenvalue weighted by atomic mass is 9.95. The van der Waals surface area contributed by atoms with Gasteiger partial charge in [-0.25, -0.2) is 4.79 Å². The molecule has 0 unspecified atom stereocenters. The molecular formula is C30H38N6O5S. The molecule has 2 heterocycles. The Balaban J connectivity index is 1.96. The van der Waals surface area contributed by atoms with Crippen LogP contribution in [0.15, 0.2) is 35.6 Å². The van der Waals surface area contributed by atoms with Gasteiger partial charge in [0.2, 0.25) is 5.91 Å². The highest BCUT2D eigenvalue weighted by Crippen LogP contribution is 2.23. The smallest absolute Gasteiger partial charge is 0.352 e. The zero-order chi connectivity index (χ0) is 30.9. The number of aromatic nitrogens is 1. The summed E-state index contributed by atoms with van der Waals surface area (Å²) >= 11 is 0.969. The molecule has 2 aromatic rings. The van der Waals surface area contributed by atoms with Gasteiger partial charge in [0.25, 0.3) is 11.5 Å². The molecule has 0 aliphatic carbocycles. The Labute approximate surface area is 249 Å². The summed E-state index contributed by atoms with van der Waals surface area (Å²) < 4.78 is 6.75. The van der Waals surface area contributed by atoms with Crippen molar-refractivity contribution in [2.24, 2.45) is 5.41 Å². The Kier molecular flexibility index (Phi) is 11.2. The molecule has 0 spiro atoms. The van der Waals surface area contributed by atoms with Crippen LogP contribution in [-0.4, -0.2) is 60.0 Å². The number of hydrogen-bond donors (Lipinski definition) is 3. The maximum absolute atomic E-state index is 13.1. The highest BCUT2D eigenvalue weighted by molar-refractivity contribution is 7.07.